The van der Waals surface area contributed by atoms with Crippen molar-refractivity contribution in [3.8, 4) is 0 Å². The molecule has 0 N–H and O–H groups in total. The number of nitrogens with zero attached hydrogens (tertiary/aromatic N) is 1. The highest BCUT2D eigenvalue weighted by atomic mass is 15.2. The number of benzene rings is 1. The summed E-state index contributed by atoms with van der Waals surface area (Å²) in [4.78, 5) is 2.72. The van der Waals surface area contributed by atoms with Crippen LogP contribution >= 0.6 is 0 Å². The molecule has 4 rings (SSSR count). The van der Waals surface area contributed by atoms with E-state index >= 15 is 0 Å². The van der Waals surface area contributed by atoms with Gasteiger partial charge in [0.05, 0.1) is 0 Å². The molecule has 2 fully saturated rings. The maximum Gasteiger partial charge on any atom is 0.0402 e. The first-order valence-corrected chi connectivity index (χ1v) is 7.24. The zero-order valence-corrected chi connectivity index (χ0v) is 10.4. The van der Waals surface area contributed by atoms with Crippen LogP contribution in [0, 0.1) is 11.8 Å². The standard InChI is InChI=1S/C16H21N/c1-2-4-16-14(3-1)7-8-17(16)15-10-12-5-6-13(9-12)11-15/h1-4,12-13,15H,5-11H2/t12-,13+,15?. The van der Waals surface area contributed by atoms with Crippen molar-refractivity contribution >= 4 is 5.69 Å². The highest BCUT2D eigenvalue weighted by molar-refractivity contribution is 5.58. The zero-order chi connectivity index (χ0) is 11.2. The van der Waals surface area contributed by atoms with Crippen molar-refractivity contribution in [2.45, 2.75) is 44.6 Å². The molecule has 1 nitrogen and oxygen atoms in total. The molecular formula is C16H21N. The summed E-state index contributed by atoms with van der Waals surface area (Å²) in [5.41, 5.74) is 3.12. The maximum atomic E-state index is 2.72. The van der Waals surface area contributed by atoms with Crippen LogP contribution in [-0.4, -0.2) is 12.6 Å². The quantitative estimate of drug-likeness (QED) is 0.708. The van der Waals surface area contributed by atoms with Crippen molar-refractivity contribution in [3.05, 3.63) is 29.8 Å². The van der Waals surface area contributed by atoms with Crippen LogP contribution in [0.1, 0.15) is 37.7 Å². The molecule has 0 aromatic heterocycles. The van der Waals surface area contributed by atoms with Crippen LogP contribution in [0.4, 0.5) is 5.69 Å². The Kier molecular flexibility index (Phi) is 2.21. The lowest BCUT2D eigenvalue weighted by atomic mass is 9.84. The molecule has 1 unspecified atom stereocenters. The third-order valence-electron chi connectivity index (χ3n) is 5.22. The average molecular weight is 227 g/mol. The van der Waals surface area contributed by atoms with Gasteiger partial charge in [-0.1, -0.05) is 31.0 Å². The lowest BCUT2D eigenvalue weighted by molar-refractivity contribution is 0.309. The summed E-state index contributed by atoms with van der Waals surface area (Å²) in [6.45, 7) is 1.27. The molecule has 1 heteroatoms. The molecule has 17 heavy (non-hydrogen) atoms. The van der Waals surface area contributed by atoms with Gasteiger partial charge >= 0.3 is 0 Å². The third kappa shape index (κ3) is 1.59. The lowest BCUT2D eigenvalue weighted by Gasteiger charge is -2.36. The van der Waals surface area contributed by atoms with Gasteiger partial charge in [0.15, 0.2) is 0 Å². The molecule has 0 spiro atoms. The molecule has 1 heterocycles. The van der Waals surface area contributed by atoms with Crippen LogP contribution in [0.2, 0.25) is 0 Å². The van der Waals surface area contributed by atoms with Crippen LogP contribution in [0.3, 0.4) is 0 Å². The smallest absolute Gasteiger partial charge is 0.0402 e. The minimum atomic E-state index is 0.852. The second-order valence-corrected chi connectivity index (χ2v) is 6.24. The van der Waals surface area contributed by atoms with Crippen molar-refractivity contribution < 1.29 is 0 Å². The van der Waals surface area contributed by atoms with E-state index in [1.54, 1.807) is 11.3 Å². The summed E-state index contributed by atoms with van der Waals surface area (Å²) in [5, 5.41) is 0. The van der Waals surface area contributed by atoms with Gasteiger partial charge < -0.3 is 4.90 Å². The second-order valence-electron chi connectivity index (χ2n) is 6.24. The van der Waals surface area contributed by atoms with Crippen LogP contribution in [0.5, 0.6) is 0 Å². The summed E-state index contributed by atoms with van der Waals surface area (Å²) < 4.78 is 0. The predicted octanol–water partition coefficient (Wildman–Crippen LogP) is 3.63. The fourth-order valence-corrected chi connectivity index (χ4v) is 4.47. The van der Waals surface area contributed by atoms with E-state index in [4.69, 9.17) is 0 Å². The summed E-state index contributed by atoms with van der Waals surface area (Å²) >= 11 is 0. The molecule has 2 bridgehead atoms. The monoisotopic (exact) mass is 227 g/mol. The summed E-state index contributed by atoms with van der Waals surface area (Å²) in [7, 11) is 0. The SMILES string of the molecule is c1ccc2c(c1)CCN2C1C[C@H]2CC[C@@H](C1)C2. The largest absolute Gasteiger partial charge is 0.368 e. The van der Waals surface area contributed by atoms with Gasteiger partial charge in [0.1, 0.15) is 0 Å². The number of anilines is 1. The van der Waals surface area contributed by atoms with Crippen LogP contribution < -0.4 is 4.90 Å². The Morgan fingerprint density at radius 3 is 2.53 bits per heavy atom. The molecule has 1 aromatic carbocycles. The minimum absolute atomic E-state index is 0.852. The third-order valence-corrected chi connectivity index (χ3v) is 5.22. The molecule has 3 atom stereocenters. The minimum Gasteiger partial charge on any atom is -0.368 e. The molecule has 3 aliphatic rings. The van der Waals surface area contributed by atoms with E-state index < -0.39 is 0 Å². The number of hydrogen-bond acceptors (Lipinski definition) is 1. The Hall–Kier alpha value is -0.980. The van der Waals surface area contributed by atoms with Crippen molar-refractivity contribution in [1.82, 2.24) is 0 Å². The van der Waals surface area contributed by atoms with Crippen LogP contribution in [0.25, 0.3) is 0 Å². The molecule has 0 amide bonds. The zero-order valence-electron chi connectivity index (χ0n) is 10.4. The Morgan fingerprint density at radius 1 is 0.941 bits per heavy atom. The van der Waals surface area contributed by atoms with E-state index in [0.29, 0.717) is 0 Å². The number of fused-ring (bicyclic) bond motifs is 3. The second kappa shape index (κ2) is 3.76. The van der Waals surface area contributed by atoms with Gasteiger partial charge in [-0.25, -0.2) is 0 Å². The Balaban J connectivity index is 1.60. The van der Waals surface area contributed by atoms with Gasteiger partial charge in [-0.2, -0.15) is 0 Å². The Labute approximate surface area is 104 Å². The number of rotatable bonds is 1. The van der Waals surface area contributed by atoms with Gasteiger partial charge in [0.25, 0.3) is 0 Å². The van der Waals surface area contributed by atoms with Gasteiger partial charge in [-0.15, -0.1) is 0 Å². The van der Waals surface area contributed by atoms with Crippen LogP contribution in [-0.2, 0) is 6.42 Å². The molecule has 90 valence electrons. The van der Waals surface area contributed by atoms with Crippen molar-refractivity contribution in [3.63, 3.8) is 0 Å². The molecule has 0 radical (unpaired) electrons. The molecule has 2 saturated carbocycles. The van der Waals surface area contributed by atoms with E-state index in [9.17, 15) is 0 Å². The molecular weight excluding hydrogens is 206 g/mol. The predicted molar refractivity (Wildman–Crippen MR) is 71.3 cm³/mol. The van der Waals surface area contributed by atoms with E-state index in [1.165, 1.54) is 45.1 Å². The van der Waals surface area contributed by atoms with Gasteiger partial charge in [-0.3, -0.25) is 0 Å². The molecule has 0 saturated heterocycles. The van der Waals surface area contributed by atoms with Gasteiger partial charge in [-0.05, 0) is 49.1 Å². The van der Waals surface area contributed by atoms with Crippen molar-refractivity contribution in [1.29, 1.82) is 0 Å². The van der Waals surface area contributed by atoms with Gasteiger partial charge in [0, 0.05) is 18.3 Å². The highest BCUT2D eigenvalue weighted by Gasteiger charge is 2.37. The lowest BCUT2D eigenvalue weighted by Crippen LogP contribution is -2.38. The van der Waals surface area contributed by atoms with Gasteiger partial charge in [0.2, 0.25) is 0 Å². The normalized spacial score (nSPS) is 35.1. The van der Waals surface area contributed by atoms with E-state index in [2.05, 4.69) is 29.2 Å². The summed E-state index contributed by atoms with van der Waals surface area (Å²) in [6.07, 6.45) is 8.75. The highest BCUT2D eigenvalue weighted by Crippen LogP contribution is 2.45. The molecule has 1 aromatic rings. The van der Waals surface area contributed by atoms with E-state index in [1.807, 2.05) is 0 Å². The first-order chi connectivity index (χ1) is 8.40. The van der Waals surface area contributed by atoms with E-state index in [-0.39, 0.29) is 0 Å². The Bertz CT molecular complexity index is 413. The van der Waals surface area contributed by atoms with Crippen LogP contribution in [0.15, 0.2) is 24.3 Å². The number of para-hydroxylation sites is 1. The first-order valence-electron chi connectivity index (χ1n) is 7.24. The maximum absolute atomic E-state index is 2.72. The molecule has 1 aliphatic heterocycles. The van der Waals surface area contributed by atoms with E-state index in [0.717, 1.165) is 17.9 Å². The number of hydrogen-bond donors (Lipinski definition) is 0. The summed E-state index contributed by atoms with van der Waals surface area (Å²) in [6, 6.07) is 9.89. The fraction of sp³-hybridized carbons (Fsp3) is 0.625. The van der Waals surface area contributed by atoms with Crippen molar-refractivity contribution in [2.75, 3.05) is 11.4 Å². The first kappa shape index (κ1) is 9.99. The summed E-state index contributed by atoms with van der Waals surface area (Å²) in [5.74, 6) is 2.10. The van der Waals surface area contributed by atoms with Crippen molar-refractivity contribution in [2.24, 2.45) is 11.8 Å². The Morgan fingerprint density at radius 2 is 1.71 bits per heavy atom. The molecule has 2 aliphatic carbocycles. The average Bonchev–Trinajstić information content (AvgIpc) is 2.93. The topological polar surface area (TPSA) is 3.24 Å². The fourth-order valence-electron chi connectivity index (χ4n) is 4.47.